The number of benzene rings is 1. The number of amides is 1. The number of H-pyrrole nitrogens is 1. The summed E-state index contributed by atoms with van der Waals surface area (Å²) in [6.45, 7) is 3.76. The predicted octanol–water partition coefficient (Wildman–Crippen LogP) is 2.86. The Hall–Kier alpha value is -1.66. The Labute approximate surface area is 138 Å². The van der Waals surface area contributed by atoms with Gasteiger partial charge in [0.05, 0.1) is 11.1 Å². The summed E-state index contributed by atoms with van der Waals surface area (Å²) >= 11 is 3.34. The highest BCUT2D eigenvalue weighted by molar-refractivity contribution is 9.10. The van der Waals surface area contributed by atoms with Crippen molar-refractivity contribution < 1.29 is 9.53 Å². The van der Waals surface area contributed by atoms with E-state index in [4.69, 9.17) is 4.74 Å². The average molecular weight is 366 g/mol. The van der Waals surface area contributed by atoms with Crippen LogP contribution in [-0.4, -0.2) is 35.9 Å². The molecule has 0 aliphatic carbocycles. The van der Waals surface area contributed by atoms with Gasteiger partial charge in [-0.05, 0) is 41.3 Å². The van der Waals surface area contributed by atoms with Gasteiger partial charge in [0.25, 0.3) is 5.91 Å². The lowest BCUT2D eigenvalue weighted by molar-refractivity contribution is 0.0936. The molecule has 0 saturated carbocycles. The molecule has 6 heteroatoms. The summed E-state index contributed by atoms with van der Waals surface area (Å²) in [6, 6.07) is 10.2. The molecule has 1 aromatic heterocycles. The van der Waals surface area contributed by atoms with Crippen molar-refractivity contribution in [3.05, 3.63) is 51.8 Å². The second kappa shape index (κ2) is 8.70. The SMILES string of the molecule is Cc1[nH]nc(C(=O)NCCCOCCc2ccccc2)c1Br. The lowest BCUT2D eigenvalue weighted by Gasteiger charge is -2.06. The Balaban J connectivity index is 1.56. The predicted molar refractivity (Wildman–Crippen MR) is 88.9 cm³/mol. The molecule has 1 aromatic carbocycles. The fourth-order valence-electron chi connectivity index (χ4n) is 1.96. The maximum Gasteiger partial charge on any atom is 0.272 e. The van der Waals surface area contributed by atoms with E-state index in [9.17, 15) is 4.79 Å². The number of hydrogen-bond donors (Lipinski definition) is 2. The molecule has 0 unspecified atom stereocenters. The lowest BCUT2D eigenvalue weighted by Crippen LogP contribution is -2.26. The maximum absolute atomic E-state index is 11.9. The van der Waals surface area contributed by atoms with Crippen LogP contribution in [0.15, 0.2) is 34.8 Å². The van der Waals surface area contributed by atoms with Gasteiger partial charge in [-0.1, -0.05) is 30.3 Å². The number of rotatable bonds is 8. The largest absolute Gasteiger partial charge is 0.381 e. The number of nitrogens with zero attached hydrogens (tertiary/aromatic N) is 1. The van der Waals surface area contributed by atoms with Crippen LogP contribution in [0, 0.1) is 6.92 Å². The number of nitrogens with one attached hydrogen (secondary N) is 2. The third-order valence-corrected chi connectivity index (χ3v) is 4.19. The molecule has 0 radical (unpaired) electrons. The summed E-state index contributed by atoms with van der Waals surface area (Å²) in [5.74, 6) is -0.180. The van der Waals surface area contributed by atoms with Crippen LogP contribution in [0.4, 0.5) is 0 Å². The summed E-state index contributed by atoms with van der Waals surface area (Å²) in [7, 11) is 0. The van der Waals surface area contributed by atoms with Crippen LogP contribution in [0.25, 0.3) is 0 Å². The first kappa shape index (κ1) is 16.7. The quantitative estimate of drug-likeness (QED) is 0.706. The van der Waals surface area contributed by atoms with Crippen molar-refractivity contribution in [2.75, 3.05) is 19.8 Å². The summed E-state index contributed by atoms with van der Waals surface area (Å²) < 4.78 is 6.28. The van der Waals surface area contributed by atoms with Gasteiger partial charge in [0.2, 0.25) is 0 Å². The molecule has 0 aliphatic rings. The van der Waals surface area contributed by atoms with Gasteiger partial charge in [-0.15, -0.1) is 0 Å². The normalized spacial score (nSPS) is 10.6. The number of halogens is 1. The summed E-state index contributed by atoms with van der Waals surface area (Å²) in [4.78, 5) is 11.9. The number of ether oxygens (including phenoxy) is 1. The zero-order valence-electron chi connectivity index (χ0n) is 12.6. The van der Waals surface area contributed by atoms with Gasteiger partial charge in [0, 0.05) is 18.8 Å². The van der Waals surface area contributed by atoms with Gasteiger partial charge in [0.15, 0.2) is 5.69 Å². The van der Waals surface area contributed by atoms with Crippen LogP contribution >= 0.6 is 15.9 Å². The van der Waals surface area contributed by atoms with E-state index < -0.39 is 0 Å². The van der Waals surface area contributed by atoms with E-state index in [0.29, 0.717) is 29.9 Å². The Morgan fingerprint density at radius 2 is 2.09 bits per heavy atom. The van der Waals surface area contributed by atoms with Crippen molar-refractivity contribution in [2.24, 2.45) is 0 Å². The van der Waals surface area contributed by atoms with Gasteiger partial charge in [0.1, 0.15) is 0 Å². The zero-order valence-corrected chi connectivity index (χ0v) is 14.1. The molecular formula is C16H20BrN3O2. The molecule has 0 fully saturated rings. The van der Waals surface area contributed by atoms with E-state index in [1.165, 1.54) is 5.56 Å². The molecule has 118 valence electrons. The molecule has 1 amide bonds. The molecule has 2 N–H and O–H groups in total. The van der Waals surface area contributed by atoms with Crippen LogP contribution in [-0.2, 0) is 11.2 Å². The van der Waals surface area contributed by atoms with Crippen LogP contribution in [0.2, 0.25) is 0 Å². The monoisotopic (exact) mass is 365 g/mol. The van der Waals surface area contributed by atoms with Crippen molar-refractivity contribution in [1.29, 1.82) is 0 Å². The highest BCUT2D eigenvalue weighted by Crippen LogP contribution is 2.17. The molecular weight excluding hydrogens is 346 g/mol. The standard InChI is InChI=1S/C16H20BrN3O2/c1-12-14(17)15(20-19-12)16(21)18-9-5-10-22-11-8-13-6-3-2-4-7-13/h2-4,6-7H,5,8-11H2,1H3,(H,18,21)(H,19,20). The van der Waals surface area contributed by atoms with E-state index in [1.54, 1.807) is 0 Å². The smallest absolute Gasteiger partial charge is 0.272 e. The van der Waals surface area contributed by atoms with Gasteiger partial charge in [-0.25, -0.2) is 0 Å². The molecule has 0 spiro atoms. The molecule has 1 heterocycles. The van der Waals surface area contributed by atoms with Crippen molar-refractivity contribution >= 4 is 21.8 Å². The second-order valence-corrected chi connectivity index (χ2v) is 5.76. The van der Waals surface area contributed by atoms with Gasteiger partial charge >= 0.3 is 0 Å². The van der Waals surface area contributed by atoms with Crippen molar-refractivity contribution in [2.45, 2.75) is 19.8 Å². The fourth-order valence-corrected chi connectivity index (χ4v) is 2.32. The molecule has 22 heavy (non-hydrogen) atoms. The second-order valence-electron chi connectivity index (χ2n) is 4.97. The Bertz CT molecular complexity index is 599. The first-order valence-electron chi connectivity index (χ1n) is 7.29. The third-order valence-electron chi connectivity index (χ3n) is 3.22. The van der Waals surface area contributed by atoms with Crippen LogP contribution in [0.1, 0.15) is 28.2 Å². The third kappa shape index (κ3) is 4.96. The molecule has 0 aliphatic heterocycles. The van der Waals surface area contributed by atoms with Gasteiger partial charge in [-0.2, -0.15) is 5.10 Å². The summed E-state index contributed by atoms with van der Waals surface area (Å²) in [5, 5.41) is 9.56. The van der Waals surface area contributed by atoms with E-state index >= 15 is 0 Å². The number of carbonyl (C=O) groups is 1. The molecule has 0 saturated heterocycles. The molecule has 2 aromatic rings. The summed E-state index contributed by atoms with van der Waals surface area (Å²) in [5.41, 5.74) is 2.51. The first-order valence-corrected chi connectivity index (χ1v) is 8.08. The van der Waals surface area contributed by atoms with Crippen molar-refractivity contribution in [3.63, 3.8) is 0 Å². The van der Waals surface area contributed by atoms with Gasteiger partial charge < -0.3 is 10.1 Å². The minimum Gasteiger partial charge on any atom is -0.381 e. The topological polar surface area (TPSA) is 67.0 Å². The highest BCUT2D eigenvalue weighted by atomic mass is 79.9. The highest BCUT2D eigenvalue weighted by Gasteiger charge is 2.14. The average Bonchev–Trinajstić information content (AvgIpc) is 2.87. The van der Waals surface area contributed by atoms with Crippen LogP contribution in [0.3, 0.4) is 0 Å². The van der Waals surface area contributed by atoms with Crippen LogP contribution < -0.4 is 5.32 Å². The van der Waals surface area contributed by atoms with Crippen molar-refractivity contribution in [3.8, 4) is 0 Å². The zero-order chi connectivity index (χ0) is 15.8. The van der Waals surface area contributed by atoms with E-state index in [-0.39, 0.29) is 5.91 Å². The number of hydrogen-bond acceptors (Lipinski definition) is 3. The maximum atomic E-state index is 11.9. The van der Waals surface area contributed by atoms with E-state index in [1.807, 2.05) is 25.1 Å². The molecule has 2 rings (SSSR count). The Morgan fingerprint density at radius 1 is 1.32 bits per heavy atom. The minimum absolute atomic E-state index is 0.180. The molecule has 0 bridgehead atoms. The molecule has 0 atom stereocenters. The van der Waals surface area contributed by atoms with Crippen LogP contribution in [0.5, 0.6) is 0 Å². The lowest BCUT2D eigenvalue weighted by atomic mass is 10.2. The number of carbonyl (C=O) groups excluding carboxylic acids is 1. The molecule has 5 nitrogen and oxygen atoms in total. The van der Waals surface area contributed by atoms with Crippen molar-refractivity contribution in [1.82, 2.24) is 15.5 Å². The minimum atomic E-state index is -0.180. The van der Waals surface area contributed by atoms with Gasteiger partial charge in [-0.3, -0.25) is 9.89 Å². The Kier molecular flexibility index (Phi) is 6.61. The van der Waals surface area contributed by atoms with E-state index in [0.717, 1.165) is 18.5 Å². The van der Waals surface area contributed by atoms with E-state index in [2.05, 4.69) is 43.6 Å². The number of aromatic amines is 1. The summed E-state index contributed by atoms with van der Waals surface area (Å²) in [6.07, 6.45) is 1.69. The number of aromatic nitrogens is 2. The fraction of sp³-hybridized carbons (Fsp3) is 0.375. The number of aryl methyl sites for hydroxylation is 1. The first-order chi connectivity index (χ1) is 10.7. The Morgan fingerprint density at radius 3 is 2.77 bits per heavy atom.